The molecule has 4 rings (SSSR count). The minimum Gasteiger partial charge on any atom is -0.487 e. The van der Waals surface area contributed by atoms with E-state index in [2.05, 4.69) is 26.1 Å². The van der Waals surface area contributed by atoms with Crippen LogP contribution in [0.4, 0.5) is 10.5 Å². The van der Waals surface area contributed by atoms with Crippen molar-refractivity contribution in [2.24, 2.45) is 0 Å². The topological polar surface area (TPSA) is 71.0 Å². The van der Waals surface area contributed by atoms with E-state index in [4.69, 9.17) is 14.6 Å². The van der Waals surface area contributed by atoms with Crippen LogP contribution in [0.3, 0.4) is 0 Å². The molecule has 1 aliphatic rings. The molecule has 0 spiro atoms. The summed E-state index contributed by atoms with van der Waals surface area (Å²) in [6.45, 7) is 2.41. The molecule has 0 aromatic heterocycles. The number of hydrogen-bond acceptors (Lipinski definition) is 4. The van der Waals surface area contributed by atoms with Crippen LogP contribution in [-0.4, -0.2) is 30.3 Å². The summed E-state index contributed by atoms with van der Waals surface area (Å²) in [4.78, 5) is 13.2. The Morgan fingerprint density at radius 1 is 0.909 bits per heavy atom. The van der Waals surface area contributed by atoms with E-state index in [1.54, 1.807) is 0 Å². The molecule has 1 heterocycles. The highest BCUT2D eigenvalue weighted by Gasteiger charge is 2.23. The van der Waals surface area contributed by atoms with Gasteiger partial charge in [-0.15, -0.1) is 0 Å². The lowest BCUT2D eigenvalue weighted by atomic mass is 10.0. The molecule has 3 aromatic carbocycles. The predicted molar refractivity (Wildman–Crippen MR) is 132 cm³/mol. The highest BCUT2D eigenvalue weighted by Crippen LogP contribution is 2.40. The van der Waals surface area contributed by atoms with E-state index in [1.165, 1.54) is 0 Å². The molecule has 1 amide bonds. The number of carboxylic acid groups (broad SMARTS) is 1. The first-order chi connectivity index (χ1) is 16.1. The van der Waals surface area contributed by atoms with Gasteiger partial charge < -0.3 is 24.8 Å². The smallest absolute Gasteiger partial charge is 0.404 e. The molecule has 1 fully saturated rings. The molecule has 1 saturated heterocycles. The molecule has 2 N–H and O–H groups in total. The van der Waals surface area contributed by atoms with Gasteiger partial charge >= 0.3 is 6.09 Å². The first kappa shape index (κ1) is 23.0. The molecule has 0 aliphatic carbocycles. The molecule has 33 heavy (non-hydrogen) atoms. The average molecular weight is 511 g/mol. The number of benzene rings is 3. The summed E-state index contributed by atoms with van der Waals surface area (Å²) in [7, 11) is 0. The molecule has 172 valence electrons. The van der Waals surface area contributed by atoms with Gasteiger partial charge in [0.1, 0.15) is 29.2 Å². The van der Waals surface area contributed by atoms with Crippen molar-refractivity contribution in [2.45, 2.75) is 32.1 Å². The molecule has 7 heteroatoms. The van der Waals surface area contributed by atoms with Gasteiger partial charge in [0.05, 0.1) is 0 Å². The van der Waals surface area contributed by atoms with E-state index in [0.29, 0.717) is 24.7 Å². The minimum absolute atomic E-state index is 0.0169. The first-order valence-electron chi connectivity index (χ1n) is 11.0. The van der Waals surface area contributed by atoms with Gasteiger partial charge in [-0.2, -0.15) is 0 Å². The zero-order chi connectivity index (χ0) is 23.0. The van der Waals surface area contributed by atoms with E-state index in [0.717, 1.165) is 47.2 Å². The molecule has 0 unspecified atom stereocenters. The molecule has 1 aliphatic heterocycles. The number of nitrogens with zero attached hydrogens (tertiary/aromatic N) is 1. The highest BCUT2D eigenvalue weighted by molar-refractivity contribution is 9.10. The van der Waals surface area contributed by atoms with Crippen molar-refractivity contribution in [3.8, 4) is 11.5 Å². The third kappa shape index (κ3) is 6.42. The predicted octanol–water partition coefficient (Wildman–Crippen LogP) is 5.84. The first-order valence-corrected chi connectivity index (χ1v) is 11.8. The van der Waals surface area contributed by atoms with Crippen LogP contribution in [-0.2, 0) is 13.2 Å². The second-order valence-electron chi connectivity index (χ2n) is 8.02. The number of piperidine rings is 1. The fraction of sp³-hybridized carbons (Fsp3) is 0.269. The van der Waals surface area contributed by atoms with E-state index in [1.807, 2.05) is 72.8 Å². The summed E-state index contributed by atoms with van der Waals surface area (Å²) in [6, 6.07) is 24.1. The number of ether oxygens (including phenoxy) is 2. The lowest BCUT2D eigenvalue weighted by Crippen LogP contribution is -2.44. The molecule has 6 nitrogen and oxygen atoms in total. The highest BCUT2D eigenvalue weighted by atomic mass is 79.9. The van der Waals surface area contributed by atoms with Gasteiger partial charge in [-0.05, 0) is 39.9 Å². The SMILES string of the molecule is O=C(O)NC1CCN(c2cc(OCc3ccccc3)c(Br)c(OCc3ccccc3)c2)CC1. The van der Waals surface area contributed by atoms with Gasteiger partial charge in [-0.1, -0.05) is 60.7 Å². The quantitative estimate of drug-likeness (QED) is 0.398. The van der Waals surface area contributed by atoms with Gasteiger partial charge in [-0.25, -0.2) is 4.79 Å². The molecule has 0 saturated carbocycles. The fourth-order valence-electron chi connectivity index (χ4n) is 3.88. The van der Waals surface area contributed by atoms with Crippen LogP contribution < -0.4 is 19.7 Å². The summed E-state index contributed by atoms with van der Waals surface area (Å²) in [6.07, 6.45) is 0.538. The van der Waals surface area contributed by atoms with Gasteiger partial charge in [-0.3, -0.25) is 0 Å². The number of amides is 1. The Kier molecular flexibility index (Phi) is 7.73. The minimum atomic E-state index is -0.967. The summed E-state index contributed by atoms with van der Waals surface area (Å²) >= 11 is 3.68. The Balaban J connectivity index is 1.53. The lowest BCUT2D eigenvalue weighted by molar-refractivity contribution is 0.187. The van der Waals surface area contributed by atoms with Crippen molar-refractivity contribution in [2.75, 3.05) is 18.0 Å². The normalized spacial score (nSPS) is 14.0. The Morgan fingerprint density at radius 3 is 1.85 bits per heavy atom. The van der Waals surface area contributed by atoms with E-state index < -0.39 is 6.09 Å². The van der Waals surface area contributed by atoms with E-state index >= 15 is 0 Å². The molecule has 0 bridgehead atoms. The maximum atomic E-state index is 11.0. The Hall–Kier alpha value is -3.19. The van der Waals surface area contributed by atoms with Gasteiger partial charge in [0.2, 0.25) is 0 Å². The monoisotopic (exact) mass is 510 g/mol. The maximum absolute atomic E-state index is 11.0. The van der Waals surface area contributed by atoms with Crippen molar-refractivity contribution >= 4 is 27.7 Å². The Morgan fingerprint density at radius 2 is 1.39 bits per heavy atom. The van der Waals surface area contributed by atoms with Crippen molar-refractivity contribution < 1.29 is 19.4 Å². The van der Waals surface area contributed by atoms with Crippen molar-refractivity contribution in [3.05, 3.63) is 88.4 Å². The van der Waals surface area contributed by atoms with Crippen LogP contribution in [0.5, 0.6) is 11.5 Å². The zero-order valence-electron chi connectivity index (χ0n) is 18.2. The lowest BCUT2D eigenvalue weighted by Gasteiger charge is -2.34. The van der Waals surface area contributed by atoms with Crippen LogP contribution in [0.25, 0.3) is 0 Å². The van der Waals surface area contributed by atoms with Gasteiger partial charge in [0.15, 0.2) is 0 Å². The number of anilines is 1. The van der Waals surface area contributed by atoms with Crippen LogP contribution in [0.15, 0.2) is 77.3 Å². The summed E-state index contributed by atoms with van der Waals surface area (Å²) in [5.74, 6) is 1.43. The van der Waals surface area contributed by atoms with Crippen LogP contribution >= 0.6 is 15.9 Å². The Labute approximate surface area is 202 Å². The Bertz CT molecular complexity index is 990. The van der Waals surface area contributed by atoms with Crippen LogP contribution in [0.1, 0.15) is 24.0 Å². The van der Waals surface area contributed by atoms with Crippen LogP contribution in [0, 0.1) is 0 Å². The number of hydrogen-bond donors (Lipinski definition) is 2. The number of nitrogens with one attached hydrogen (secondary N) is 1. The van der Waals surface area contributed by atoms with Crippen molar-refractivity contribution in [3.63, 3.8) is 0 Å². The third-order valence-corrected chi connectivity index (χ3v) is 6.43. The second-order valence-corrected chi connectivity index (χ2v) is 8.81. The second kappa shape index (κ2) is 11.1. The van der Waals surface area contributed by atoms with E-state index in [9.17, 15) is 4.79 Å². The summed E-state index contributed by atoms with van der Waals surface area (Å²) in [5, 5.41) is 11.6. The standard InChI is InChI=1S/C26H27BrN2O4/c27-25-23(32-17-19-7-3-1-4-8-19)15-22(29-13-11-21(12-14-29)28-26(30)31)16-24(25)33-18-20-9-5-2-6-10-20/h1-10,15-16,21,28H,11-14,17-18H2,(H,30,31). The van der Waals surface area contributed by atoms with Gasteiger partial charge in [0, 0.05) is 37.0 Å². The number of halogens is 1. The molecule has 0 radical (unpaired) electrons. The summed E-state index contributed by atoms with van der Waals surface area (Å²) in [5.41, 5.74) is 3.17. The number of carbonyl (C=O) groups is 1. The fourth-order valence-corrected chi connectivity index (χ4v) is 4.34. The van der Waals surface area contributed by atoms with Crippen molar-refractivity contribution in [1.82, 2.24) is 5.32 Å². The van der Waals surface area contributed by atoms with Crippen LogP contribution in [0.2, 0.25) is 0 Å². The largest absolute Gasteiger partial charge is 0.487 e. The molecular formula is C26H27BrN2O4. The van der Waals surface area contributed by atoms with E-state index in [-0.39, 0.29) is 6.04 Å². The maximum Gasteiger partial charge on any atom is 0.404 e. The van der Waals surface area contributed by atoms with Gasteiger partial charge in [0.25, 0.3) is 0 Å². The average Bonchev–Trinajstić information content (AvgIpc) is 2.84. The third-order valence-electron chi connectivity index (χ3n) is 5.65. The number of rotatable bonds is 8. The molecule has 3 aromatic rings. The van der Waals surface area contributed by atoms with Crippen molar-refractivity contribution in [1.29, 1.82) is 0 Å². The molecule has 0 atom stereocenters. The molecular weight excluding hydrogens is 484 g/mol. The zero-order valence-corrected chi connectivity index (χ0v) is 19.8. The summed E-state index contributed by atoms with van der Waals surface area (Å²) < 4.78 is 13.1.